The maximum absolute atomic E-state index is 12.6. The number of nitrogens with zero attached hydrogens (tertiary/aromatic N) is 3. The van der Waals surface area contributed by atoms with Crippen molar-refractivity contribution in [3.63, 3.8) is 0 Å². The van der Waals surface area contributed by atoms with Crippen molar-refractivity contribution in [1.82, 2.24) is 20.0 Å². The summed E-state index contributed by atoms with van der Waals surface area (Å²) in [7, 11) is 1.49. The second-order valence-electron chi connectivity index (χ2n) is 9.50. The van der Waals surface area contributed by atoms with Crippen molar-refractivity contribution < 1.29 is 28.9 Å². The Morgan fingerprint density at radius 1 is 1.00 bits per heavy atom. The average Bonchev–Trinajstić information content (AvgIpc) is 3.23. The summed E-state index contributed by atoms with van der Waals surface area (Å²) in [5.74, 6) is 1.25. The van der Waals surface area contributed by atoms with Crippen LogP contribution < -0.4 is 14.8 Å². The molecular formula is C27H36N4O6. The molecule has 2 aromatic carbocycles. The number of nitrogens with one attached hydrogen (secondary N) is 1. The SMILES string of the molecule is COCC(=O)N1CCN(Cc2ccc(OCCN3CCNC3=O)cc2)CC(O)(COc2ccccc2)C1. The van der Waals surface area contributed by atoms with Gasteiger partial charge in [-0.15, -0.1) is 0 Å². The van der Waals surface area contributed by atoms with Crippen molar-refractivity contribution >= 4 is 11.9 Å². The van der Waals surface area contributed by atoms with E-state index < -0.39 is 5.60 Å². The number of carbonyl (C=O) groups excluding carboxylic acids is 2. The second-order valence-corrected chi connectivity index (χ2v) is 9.50. The lowest BCUT2D eigenvalue weighted by Crippen LogP contribution is -2.52. The Labute approximate surface area is 217 Å². The molecule has 2 N–H and O–H groups in total. The predicted molar refractivity (Wildman–Crippen MR) is 138 cm³/mol. The van der Waals surface area contributed by atoms with Crippen molar-refractivity contribution in [1.29, 1.82) is 0 Å². The highest BCUT2D eigenvalue weighted by molar-refractivity contribution is 5.77. The normalized spacial score (nSPS) is 20.4. The number of hydrogen-bond donors (Lipinski definition) is 2. The van der Waals surface area contributed by atoms with E-state index in [1.807, 2.05) is 54.6 Å². The molecule has 4 rings (SSSR count). The van der Waals surface area contributed by atoms with Gasteiger partial charge in [-0.3, -0.25) is 9.69 Å². The van der Waals surface area contributed by atoms with E-state index in [1.165, 1.54) is 7.11 Å². The molecule has 1 atom stereocenters. The molecule has 0 bridgehead atoms. The molecule has 0 radical (unpaired) electrons. The Hall–Kier alpha value is -3.34. The fraction of sp³-hybridized carbons (Fsp3) is 0.481. The fourth-order valence-corrected chi connectivity index (χ4v) is 4.58. The van der Waals surface area contributed by atoms with Crippen LogP contribution in [-0.2, 0) is 16.1 Å². The van der Waals surface area contributed by atoms with Crippen LogP contribution in [0.3, 0.4) is 0 Å². The zero-order chi connectivity index (χ0) is 26.1. The highest BCUT2D eigenvalue weighted by Gasteiger charge is 2.37. The minimum atomic E-state index is -1.25. The Bertz CT molecular complexity index is 1020. The van der Waals surface area contributed by atoms with Crippen LogP contribution in [0.5, 0.6) is 11.5 Å². The monoisotopic (exact) mass is 512 g/mol. The van der Waals surface area contributed by atoms with E-state index in [9.17, 15) is 14.7 Å². The largest absolute Gasteiger partial charge is 0.492 e. The topological polar surface area (TPSA) is 104 Å². The van der Waals surface area contributed by atoms with Crippen LogP contribution in [0.2, 0.25) is 0 Å². The zero-order valence-corrected chi connectivity index (χ0v) is 21.3. The molecule has 37 heavy (non-hydrogen) atoms. The van der Waals surface area contributed by atoms with Crippen LogP contribution in [-0.4, -0.2) is 110 Å². The zero-order valence-electron chi connectivity index (χ0n) is 21.3. The fourth-order valence-electron chi connectivity index (χ4n) is 4.58. The molecule has 2 heterocycles. The van der Waals surface area contributed by atoms with E-state index >= 15 is 0 Å². The van der Waals surface area contributed by atoms with Crippen molar-refractivity contribution in [2.45, 2.75) is 12.1 Å². The lowest BCUT2D eigenvalue weighted by atomic mass is 10.0. The van der Waals surface area contributed by atoms with Gasteiger partial charge in [-0.25, -0.2) is 4.79 Å². The number of β-amino-alcohol motifs (C(OH)–C–C–N with tert-alkyl or cyclic N) is 1. The van der Waals surface area contributed by atoms with Gasteiger partial charge < -0.3 is 34.4 Å². The number of rotatable bonds is 11. The Kier molecular flexibility index (Phi) is 9.21. The third-order valence-corrected chi connectivity index (χ3v) is 6.47. The summed E-state index contributed by atoms with van der Waals surface area (Å²) >= 11 is 0. The molecule has 0 aliphatic carbocycles. The van der Waals surface area contributed by atoms with Crippen LogP contribution in [0.25, 0.3) is 0 Å². The molecule has 10 heteroatoms. The molecule has 1 unspecified atom stereocenters. The van der Waals surface area contributed by atoms with Gasteiger partial charge in [0, 0.05) is 46.4 Å². The quantitative estimate of drug-likeness (QED) is 0.466. The molecule has 2 saturated heterocycles. The van der Waals surface area contributed by atoms with E-state index in [0.29, 0.717) is 58.2 Å². The van der Waals surface area contributed by atoms with E-state index in [4.69, 9.17) is 14.2 Å². The Balaban J connectivity index is 1.35. The number of aliphatic hydroxyl groups is 1. The summed E-state index contributed by atoms with van der Waals surface area (Å²) in [6, 6.07) is 17.1. The van der Waals surface area contributed by atoms with Gasteiger partial charge in [0.2, 0.25) is 5.91 Å². The van der Waals surface area contributed by atoms with Crippen LogP contribution in [0, 0.1) is 0 Å². The van der Waals surface area contributed by atoms with Crippen LogP contribution in [0.1, 0.15) is 5.56 Å². The van der Waals surface area contributed by atoms with Crippen molar-refractivity contribution in [2.75, 3.05) is 72.7 Å². The number of amides is 3. The number of ether oxygens (including phenoxy) is 3. The van der Waals surface area contributed by atoms with Gasteiger partial charge in [0.25, 0.3) is 0 Å². The molecule has 0 spiro atoms. The first-order valence-corrected chi connectivity index (χ1v) is 12.6. The number of methoxy groups -OCH3 is 1. The average molecular weight is 513 g/mol. The lowest BCUT2D eigenvalue weighted by molar-refractivity contribution is -0.138. The smallest absolute Gasteiger partial charge is 0.317 e. The molecule has 0 saturated carbocycles. The summed E-state index contributed by atoms with van der Waals surface area (Å²) in [4.78, 5) is 29.7. The Morgan fingerprint density at radius 2 is 1.76 bits per heavy atom. The number of hydrogen-bond acceptors (Lipinski definition) is 7. The van der Waals surface area contributed by atoms with Crippen LogP contribution in [0.15, 0.2) is 54.6 Å². The summed E-state index contributed by atoms with van der Waals surface area (Å²) in [6.07, 6.45) is 0. The van der Waals surface area contributed by atoms with Gasteiger partial charge in [-0.1, -0.05) is 30.3 Å². The molecule has 200 valence electrons. The predicted octanol–water partition coefficient (Wildman–Crippen LogP) is 1.19. The molecular weight excluding hydrogens is 476 g/mol. The molecule has 3 amide bonds. The summed E-state index contributed by atoms with van der Waals surface area (Å²) in [5.41, 5.74) is -0.185. The maximum atomic E-state index is 12.6. The van der Waals surface area contributed by atoms with Gasteiger partial charge in [0.15, 0.2) is 0 Å². The van der Waals surface area contributed by atoms with Gasteiger partial charge in [0.1, 0.15) is 36.9 Å². The van der Waals surface area contributed by atoms with Crippen molar-refractivity contribution in [3.05, 3.63) is 60.2 Å². The van der Waals surface area contributed by atoms with E-state index in [1.54, 1.807) is 9.80 Å². The standard InChI is InChI=1S/C27H36N4O6/c1-35-18-25(32)31-14-13-29(19-27(34,20-31)21-37-23-5-3-2-4-6-23)17-22-7-9-24(10-8-22)36-16-15-30-12-11-28-26(30)33/h2-10,34H,11-21H2,1H3,(H,28,33). The third kappa shape index (κ3) is 7.82. The number of carbonyl (C=O) groups is 2. The third-order valence-electron chi connectivity index (χ3n) is 6.47. The first kappa shape index (κ1) is 26.7. The molecule has 2 aliphatic heterocycles. The van der Waals surface area contributed by atoms with Gasteiger partial charge in [-0.2, -0.15) is 0 Å². The molecule has 0 aromatic heterocycles. The first-order chi connectivity index (χ1) is 17.9. The molecule has 2 fully saturated rings. The minimum Gasteiger partial charge on any atom is -0.492 e. The highest BCUT2D eigenvalue weighted by atomic mass is 16.5. The van der Waals surface area contributed by atoms with Crippen LogP contribution in [0.4, 0.5) is 4.79 Å². The summed E-state index contributed by atoms with van der Waals surface area (Å²) < 4.78 is 16.7. The molecule has 2 aromatic rings. The number of benzene rings is 2. The van der Waals surface area contributed by atoms with E-state index in [2.05, 4.69) is 10.2 Å². The van der Waals surface area contributed by atoms with E-state index in [-0.39, 0.29) is 31.7 Å². The highest BCUT2D eigenvalue weighted by Crippen LogP contribution is 2.21. The summed E-state index contributed by atoms with van der Waals surface area (Å²) in [5, 5.41) is 14.3. The molecule has 10 nitrogen and oxygen atoms in total. The minimum absolute atomic E-state index is 0.0283. The van der Waals surface area contributed by atoms with Gasteiger partial charge in [0.05, 0.1) is 13.1 Å². The van der Waals surface area contributed by atoms with E-state index in [0.717, 1.165) is 11.3 Å². The molecule has 2 aliphatic rings. The van der Waals surface area contributed by atoms with Crippen molar-refractivity contribution in [3.8, 4) is 11.5 Å². The maximum Gasteiger partial charge on any atom is 0.317 e. The van der Waals surface area contributed by atoms with Crippen LogP contribution >= 0.6 is 0 Å². The summed E-state index contributed by atoms with van der Waals surface area (Å²) in [6.45, 7) is 4.61. The van der Waals surface area contributed by atoms with Gasteiger partial charge in [-0.05, 0) is 29.8 Å². The van der Waals surface area contributed by atoms with Gasteiger partial charge >= 0.3 is 6.03 Å². The number of urea groups is 1. The number of para-hydroxylation sites is 1. The lowest BCUT2D eigenvalue weighted by Gasteiger charge is -2.33. The Morgan fingerprint density at radius 3 is 2.46 bits per heavy atom. The second kappa shape index (κ2) is 12.8. The van der Waals surface area contributed by atoms with Crippen molar-refractivity contribution in [2.24, 2.45) is 0 Å². The first-order valence-electron chi connectivity index (χ1n) is 12.6.